The number of benzene rings is 1. The van der Waals surface area contributed by atoms with Gasteiger partial charge in [-0.3, -0.25) is 9.59 Å². The van der Waals surface area contributed by atoms with E-state index in [4.69, 9.17) is 0 Å². The zero-order valence-electron chi connectivity index (χ0n) is 14.1. The van der Waals surface area contributed by atoms with Gasteiger partial charge in [0.1, 0.15) is 0 Å². The number of carbonyl (C=O) groups excluding carboxylic acids is 2. The summed E-state index contributed by atoms with van der Waals surface area (Å²) in [6.07, 6.45) is -0.964. The van der Waals surface area contributed by atoms with Crippen LogP contribution in [0.1, 0.15) is 48.5 Å². The summed E-state index contributed by atoms with van der Waals surface area (Å²) >= 11 is 0. The Bertz CT molecular complexity index is 657. The molecule has 1 aromatic carbocycles. The lowest BCUT2D eigenvalue weighted by Crippen LogP contribution is -2.49. The third-order valence-electron chi connectivity index (χ3n) is 5.17. The van der Waals surface area contributed by atoms with Crippen LogP contribution in [0.2, 0.25) is 0 Å². The predicted molar refractivity (Wildman–Crippen MR) is 85.9 cm³/mol. The van der Waals surface area contributed by atoms with Crippen LogP contribution in [0.5, 0.6) is 0 Å². The number of hydrogen-bond acceptors (Lipinski definition) is 2. The maximum atomic E-state index is 12.8. The number of rotatable bonds is 2. The van der Waals surface area contributed by atoms with Gasteiger partial charge in [-0.2, -0.15) is 13.2 Å². The second kappa shape index (κ2) is 6.69. The highest BCUT2D eigenvalue weighted by Gasteiger charge is 2.41. The molecule has 0 saturated carbocycles. The molecule has 2 heterocycles. The van der Waals surface area contributed by atoms with Crippen LogP contribution in [0.15, 0.2) is 24.3 Å². The van der Waals surface area contributed by atoms with Crippen LogP contribution in [-0.4, -0.2) is 46.8 Å². The maximum absolute atomic E-state index is 12.8. The van der Waals surface area contributed by atoms with Gasteiger partial charge in [0.2, 0.25) is 5.91 Å². The Balaban J connectivity index is 1.78. The second-order valence-corrected chi connectivity index (χ2v) is 6.71. The first-order chi connectivity index (χ1) is 11.8. The molecule has 0 aromatic heterocycles. The zero-order valence-corrected chi connectivity index (χ0v) is 14.1. The Morgan fingerprint density at radius 3 is 2.00 bits per heavy atom. The van der Waals surface area contributed by atoms with Gasteiger partial charge in [-0.05, 0) is 49.9 Å². The van der Waals surface area contributed by atoms with Crippen molar-refractivity contribution in [1.82, 2.24) is 9.80 Å². The summed E-state index contributed by atoms with van der Waals surface area (Å²) in [5, 5.41) is 0. The molecule has 0 spiro atoms. The number of amides is 2. The minimum absolute atomic E-state index is 0.0105. The molecule has 7 heteroatoms. The molecular weight excluding hydrogens is 333 g/mol. The molecule has 4 nitrogen and oxygen atoms in total. The van der Waals surface area contributed by atoms with Crippen LogP contribution in [0.4, 0.5) is 13.2 Å². The summed E-state index contributed by atoms with van der Waals surface area (Å²) in [4.78, 5) is 28.2. The van der Waals surface area contributed by atoms with Crippen molar-refractivity contribution in [1.29, 1.82) is 0 Å². The lowest BCUT2D eigenvalue weighted by atomic mass is 10.0. The lowest BCUT2D eigenvalue weighted by Gasteiger charge is -2.34. The summed E-state index contributed by atoms with van der Waals surface area (Å²) in [6, 6.07) is 4.31. The van der Waals surface area contributed by atoms with Crippen molar-refractivity contribution < 1.29 is 22.8 Å². The molecular formula is C18H21F3N2O2. The van der Waals surface area contributed by atoms with E-state index >= 15 is 0 Å². The number of alkyl halides is 3. The summed E-state index contributed by atoms with van der Waals surface area (Å²) in [6.45, 7) is 2.82. The van der Waals surface area contributed by atoms with Gasteiger partial charge in [-0.25, -0.2) is 0 Å². The van der Waals surface area contributed by atoms with E-state index in [9.17, 15) is 22.8 Å². The molecule has 136 valence electrons. The van der Waals surface area contributed by atoms with E-state index in [1.165, 1.54) is 19.1 Å². The fourth-order valence-electron chi connectivity index (χ4n) is 4.00. The Hall–Kier alpha value is -2.05. The molecule has 2 atom stereocenters. The van der Waals surface area contributed by atoms with E-state index in [0.29, 0.717) is 13.1 Å². The quantitative estimate of drug-likeness (QED) is 0.817. The van der Waals surface area contributed by atoms with Crippen molar-refractivity contribution in [3.63, 3.8) is 0 Å². The largest absolute Gasteiger partial charge is 0.416 e. The fourth-order valence-corrected chi connectivity index (χ4v) is 4.00. The molecule has 0 unspecified atom stereocenters. The molecule has 2 aliphatic rings. The SMILES string of the molecule is CC(=O)N1CCC[C@H]1[C@@H]1CCCN1C(=O)c1ccc(C(F)(F)F)cc1. The minimum atomic E-state index is -4.41. The standard InChI is InChI=1S/C18H21F3N2O2/c1-12(24)22-10-2-4-15(22)16-5-3-11-23(16)17(25)13-6-8-14(9-7-13)18(19,20)21/h6-9,15-16H,2-5,10-11H2,1H3/t15-,16-/m0/s1. The number of likely N-dealkylation sites (tertiary alicyclic amines) is 2. The first kappa shape index (κ1) is 17.8. The highest BCUT2D eigenvalue weighted by atomic mass is 19.4. The Labute approximate surface area is 144 Å². The molecule has 2 aliphatic heterocycles. The van der Waals surface area contributed by atoms with Crippen LogP contribution in [0, 0.1) is 0 Å². The van der Waals surface area contributed by atoms with Gasteiger partial charge in [0.25, 0.3) is 5.91 Å². The van der Waals surface area contributed by atoms with Gasteiger partial charge in [0.15, 0.2) is 0 Å². The molecule has 1 aromatic rings. The third kappa shape index (κ3) is 3.50. The topological polar surface area (TPSA) is 40.6 Å². The highest BCUT2D eigenvalue weighted by molar-refractivity contribution is 5.94. The van der Waals surface area contributed by atoms with Crippen LogP contribution in [0.25, 0.3) is 0 Å². The van der Waals surface area contributed by atoms with Crippen molar-refractivity contribution >= 4 is 11.8 Å². The smallest absolute Gasteiger partial charge is 0.338 e. The van der Waals surface area contributed by atoms with Crippen molar-refractivity contribution in [3.05, 3.63) is 35.4 Å². The lowest BCUT2D eigenvalue weighted by molar-refractivity contribution is -0.137. The van der Waals surface area contributed by atoms with Gasteiger partial charge >= 0.3 is 6.18 Å². The molecule has 25 heavy (non-hydrogen) atoms. The Morgan fingerprint density at radius 1 is 0.960 bits per heavy atom. The van der Waals surface area contributed by atoms with Crippen molar-refractivity contribution in [2.75, 3.05) is 13.1 Å². The number of halogens is 3. The van der Waals surface area contributed by atoms with Crippen LogP contribution >= 0.6 is 0 Å². The van der Waals surface area contributed by atoms with Crippen molar-refractivity contribution in [2.24, 2.45) is 0 Å². The zero-order chi connectivity index (χ0) is 18.2. The maximum Gasteiger partial charge on any atom is 0.416 e. The summed E-state index contributed by atoms with van der Waals surface area (Å²) < 4.78 is 38.0. The summed E-state index contributed by atoms with van der Waals surface area (Å²) in [5.74, 6) is -0.247. The van der Waals surface area contributed by atoms with Gasteiger partial charge in [0, 0.05) is 25.6 Å². The number of carbonyl (C=O) groups is 2. The molecule has 0 bridgehead atoms. The van der Waals surface area contributed by atoms with Crippen LogP contribution < -0.4 is 0 Å². The first-order valence-corrected chi connectivity index (χ1v) is 8.54. The molecule has 0 radical (unpaired) electrons. The average Bonchev–Trinajstić information content (AvgIpc) is 3.21. The van der Waals surface area contributed by atoms with E-state index in [-0.39, 0.29) is 29.5 Å². The normalized spacial score (nSPS) is 24.0. The van der Waals surface area contributed by atoms with Gasteiger partial charge in [-0.1, -0.05) is 0 Å². The van der Waals surface area contributed by atoms with E-state index in [0.717, 1.165) is 37.8 Å². The van der Waals surface area contributed by atoms with E-state index < -0.39 is 11.7 Å². The van der Waals surface area contributed by atoms with Crippen molar-refractivity contribution in [3.8, 4) is 0 Å². The fraction of sp³-hybridized carbons (Fsp3) is 0.556. The molecule has 3 rings (SSSR count). The summed E-state index contributed by atoms with van der Waals surface area (Å²) in [7, 11) is 0. The molecule has 0 N–H and O–H groups in total. The third-order valence-corrected chi connectivity index (χ3v) is 5.17. The van der Waals surface area contributed by atoms with Crippen LogP contribution in [-0.2, 0) is 11.0 Å². The monoisotopic (exact) mass is 354 g/mol. The first-order valence-electron chi connectivity index (χ1n) is 8.54. The molecule has 2 amide bonds. The van der Waals surface area contributed by atoms with Crippen LogP contribution in [0.3, 0.4) is 0 Å². The van der Waals surface area contributed by atoms with E-state index in [2.05, 4.69) is 0 Å². The molecule has 2 saturated heterocycles. The van der Waals surface area contributed by atoms with Gasteiger partial charge < -0.3 is 9.80 Å². The Morgan fingerprint density at radius 2 is 1.48 bits per heavy atom. The second-order valence-electron chi connectivity index (χ2n) is 6.71. The Kier molecular flexibility index (Phi) is 4.75. The van der Waals surface area contributed by atoms with Gasteiger partial charge in [-0.15, -0.1) is 0 Å². The highest BCUT2D eigenvalue weighted by Crippen LogP contribution is 2.32. The minimum Gasteiger partial charge on any atom is -0.338 e. The van der Waals surface area contributed by atoms with E-state index in [1.54, 1.807) is 4.90 Å². The number of nitrogens with zero attached hydrogens (tertiary/aromatic N) is 2. The van der Waals surface area contributed by atoms with Gasteiger partial charge in [0.05, 0.1) is 17.6 Å². The van der Waals surface area contributed by atoms with Crippen molar-refractivity contribution in [2.45, 2.75) is 50.9 Å². The number of hydrogen-bond donors (Lipinski definition) is 0. The summed E-state index contributed by atoms with van der Waals surface area (Å²) in [5.41, 5.74) is -0.507. The predicted octanol–water partition coefficient (Wildman–Crippen LogP) is 3.32. The molecule has 0 aliphatic carbocycles. The average molecular weight is 354 g/mol. The van der Waals surface area contributed by atoms with E-state index in [1.807, 2.05) is 4.90 Å². The molecule has 2 fully saturated rings.